The third-order valence-electron chi connectivity index (χ3n) is 6.62. The fraction of sp³-hybridized carbons (Fsp3) is 0.259. The summed E-state index contributed by atoms with van der Waals surface area (Å²) in [7, 11) is 1.64. The summed E-state index contributed by atoms with van der Waals surface area (Å²) in [5.41, 5.74) is 5.36. The number of carboxylic acid groups (broad SMARTS) is 1. The van der Waals surface area contributed by atoms with Crippen LogP contribution in [-0.2, 0) is 11.4 Å². The lowest BCUT2D eigenvalue weighted by molar-refractivity contribution is -0.141. The van der Waals surface area contributed by atoms with Gasteiger partial charge < -0.3 is 14.9 Å². The zero-order valence-corrected chi connectivity index (χ0v) is 21.2. The van der Waals surface area contributed by atoms with E-state index in [0.29, 0.717) is 17.4 Å². The van der Waals surface area contributed by atoms with E-state index in [-0.39, 0.29) is 6.61 Å². The number of hydrogen-bond acceptors (Lipinski definition) is 7. The second kappa shape index (κ2) is 9.33. The largest absolute Gasteiger partial charge is 0.497 e. The SMILES string of the molecule is COc1cccc(-c2ccc(C3=N[C@@H](C(C)C(=O)O)c4nnc(C)n4-c4sc(CO)c(C)c43)cc2)c1. The number of carbonyl (C=O) groups is 1. The average Bonchev–Trinajstić information content (AvgIpc) is 3.38. The molecule has 1 aliphatic heterocycles. The molecule has 2 atom stereocenters. The lowest BCUT2D eigenvalue weighted by Gasteiger charge is -2.16. The molecule has 0 bridgehead atoms. The van der Waals surface area contributed by atoms with Crippen LogP contribution in [0.2, 0.25) is 0 Å². The first-order valence-corrected chi connectivity index (χ1v) is 12.4. The van der Waals surface area contributed by atoms with Gasteiger partial charge in [-0.05, 0) is 49.6 Å². The fourth-order valence-corrected chi connectivity index (χ4v) is 5.75. The number of aliphatic hydroxyl groups is 1. The van der Waals surface area contributed by atoms with Gasteiger partial charge in [0.05, 0.1) is 25.3 Å². The monoisotopic (exact) mass is 502 g/mol. The summed E-state index contributed by atoms with van der Waals surface area (Å²) in [6, 6.07) is 15.2. The van der Waals surface area contributed by atoms with Gasteiger partial charge in [-0.15, -0.1) is 21.5 Å². The highest BCUT2D eigenvalue weighted by Crippen LogP contribution is 2.41. The molecule has 184 valence electrons. The molecule has 9 heteroatoms. The molecule has 0 saturated carbocycles. The minimum atomic E-state index is -0.957. The normalized spacial score (nSPS) is 15.5. The Morgan fingerprint density at radius 1 is 1.11 bits per heavy atom. The molecule has 5 rings (SSSR count). The Balaban J connectivity index is 1.70. The molecule has 1 unspecified atom stereocenters. The van der Waals surface area contributed by atoms with Crippen molar-refractivity contribution in [3.8, 4) is 21.9 Å². The van der Waals surface area contributed by atoms with Crippen molar-refractivity contribution in [2.45, 2.75) is 33.4 Å². The number of hydrogen-bond donors (Lipinski definition) is 2. The van der Waals surface area contributed by atoms with E-state index in [2.05, 4.69) is 10.2 Å². The number of aliphatic hydroxyl groups excluding tert-OH is 1. The van der Waals surface area contributed by atoms with Crippen molar-refractivity contribution in [2.75, 3.05) is 7.11 Å². The number of aromatic nitrogens is 3. The summed E-state index contributed by atoms with van der Waals surface area (Å²) < 4.78 is 7.25. The average molecular weight is 503 g/mol. The minimum Gasteiger partial charge on any atom is -0.497 e. The quantitative estimate of drug-likeness (QED) is 0.395. The fourth-order valence-electron chi connectivity index (χ4n) is 4.53. The summed E-state index contributed by atoms with van der Waals surface area (Å²) in [5.74, 6) is 0.136. The maximum Gasteiger partial charge on any atom is 0.308 e. The van der Waals surface area contributed by atoms with Crippen LogP contribution in [0.5, 0.6) is 5.75 Å². The van der Waals surface area contributed by atoms with Gasteiger partial charge in [-0.2, -0.15) is 0 Å². The number of aliphatic imine (C=N–C) groups is 1. The molecule has 0 amide bonds. The minimum absolute atomic E-state index is 0.100. The molecule has 2 aromatic heterocycles. The Kier molecular flexibility index (Phi) is 6.19. The summed E-state index contributed by atoms with van der Waals surface area (Å²) in [5, 5.41) is 29.3. The third-order valence-corrected chi connectivity index (χ3v) is 7.88. The number of aryl methyl sites for hydroxylation is 1. The Labute approximate surface area is 212 Å². The van der Waals surface area contributed by atoms with Gasteiger partial charge in [0.15, 0.2) is 5.82 Å². The molecule has 2 N–H and O–H groups in total. The van der Waals surface area contributed by atoms with Crippen LogP contribution in [0, 0.1) is 19.8 Å². The maximum atomic E-state index is 12.0. The van der Waals surface area contributed by atoms with E-state index in [1.165, 1.54) is 11.3 Å². The molecular weight excluding hydrogens is 476 g/mol. The van der Waals surface area contributed by atoms with Crippen molar-refractivity contribution in [3.05, 3.63) is 81.7 Å². The first-order valence-electron chi connectivity index (χ1n) is 11.5. The van der Waals surface area contributed by atoms with Crippen LogP contribution in [0.3, 0.4) is 0 Å². The number of rotatable bonds is 6. The molecule has 1 aliphatic rings. The van der Waals surface area contributed by atoms with E-state index in [9.17, 15) is 15.0 Å². The standard InChI is InChI=1S/C27H26N4O4S/c1-14-21(13-32)36-26-22(14)24(28-23(15(2)27(33)34)25-30-29-16(3)31(25)26)18-10-8-17(9-11-18)19-6-5-7-20(12-19)35-4/h5-12,15,23,32H,13H2,1-4H3,(H,33,34)/t15?,23-/m0/s1. The highest BCUT2D eigenvalue weighted by atomic mass is 32.1. The van der Waals surface area contributed by atoms with Gasteiger partial charge >= 0.3 is 5.97 Å². The lowest BCUT2D eigenvalue weighted by Crippen LogP contribution is -2.21. The van der Waals surface area contributed by atoms with Gasteiger partial charge in [-0.25, -0.2) is 0 Å². The molecule has 0 saturated heterocycles. The van der Waals surface area contributed by atoms with Crippen molar-refractivity contribution in [1.82, 2.24) is 14.8 Å². The summed E-state index contributed by atoms with van der Waals surface area (Å²) >= 11 is 1.45. The molecule has 0 spiro atoms. The van der Waals surface area contributed by atoms with Gasteiger partial charge in [-0.3, -0.25) is 14.4 Å². The molecule has 4 aromatic rings. The number of carboxylic acids is 1. The number of ether oxygens (including phenoxy) is 1. The predicted molar refractivity (Wildman–Crippen MR) is 138 cm³/mol. The van der Waals surface area contributed by atoms with Gasteiger partial charge in [0, 0.05) is 16.0 Å². The van der Waals surface area contributed by atoms with Gasteiger partial charge in [0.25, 0.3) is 0 Å². The zero-order chi connectivity index (χ0) is 25.6. The molecule has 0 radical (unpaired) electrons. The third kappa shape index (κ3) is 3.90. The van der Waals surface area contributed by atoms with Crippen LogP contribution in [0.15, 0.2) is 53.5 Å². The topological polar surface area (TPSA) is 110 Å². The summed E-state index contributed by atoms with van der Waals surface area (Å²) in [4.78, 5) is 17.9. The number of methoxy groups -OCH3 is 1. The Hall–Kier alpha value is -3.82. The van der Waals surface area contributed by atoms with E-state index < -0.39 is 17.9 Å². The van der Waals surface area contributed by atoms with E-state index in [4.69, 9.17) is 9.73 Å². The van der Waals surface area contributed by atoms with E-state index in [0.717, 1.165) is 43.4 Å². The molecule has 0 fully saturated rings. The van der Waals surface area contributed by atoms with Crippen molar-refractivity contribution in [1.29, 1.82) is 0 Å². The molecule has 36 heavy (non-hydrogen) atoms. The second-order valence-electron chi connectivity index (χ2n) is 8.79. The van der Waals surface area contributed by atoms with E-state index >= 15 is 0 Å². The van der Waals surface area contributed by atoms with Crippen molar-refractivity contribution in [3.63, 3.8) is 0 Å². The van der Waals surface area contributed by atoms with Gasteiger partial charge in [-0.1, -0.05) is 36.4 Å². The Bertz CT molecular complexity index is 1490. The predicted octanol–water partition coefficient (Wildman–Crippen LogP) is 4.73. The second-order valence-corrected chi connectivity index (χ2v) is 9.87. The highest BCUT2D eigenvalue weighted by Gasteiger charge is 2.36. The van der Waals surface area contributed by atoms with Crippen LogP contribution in [0.1, 0.15) is 46.2 Å². The molecule has 2 aromatic carbocycles. The lowest BCUT2D eigenvalue weighted by atomic mass is 9.96. The summed E-state index contributed by atoms with van der Waals surface area (Å²) in [6.07, 6.45) is 0. The van der Waals surface area contributed by atoms with Crippen LogP contribution in [0.25, 0.3) is 16.1 Å². The van der Waals surface area contributed by atoms with Crippen LogP contribution < -0.4 is 4.74 Å². The zero-order valence-electron chi connectivity index (χ0n) is 20.4. The highest BCUT2D eigenvalue weighted by molar-refractivity contribution is 7.15. The number of benzene rings is 2. The van der Waals surface area contributed by atoms with Crippen molar-refractivity contribution < 1.29 is 19.7 Å². The van der Waals surface area contributed by atoms with Crippen LogP contribution in [-0.4, -0.2) is 43.8 Å². The van der Waals surface area contributed by atoms with Gasteiger partial charge in [0.1, 0.15) is 22.6 Å². The molecule has 0 aliphatic carbocycles. The smallest absolute Gasteiger partial charge is 0.308 e. The summed E-state index contributed by atoms with van der Waals surface area (Å²) in [6.45, 7) is 5.34. The van der Waals surface area contributed by atoms with E-state index in [1.807, 2.05) is 66.9 Å². The molecule has 8 nitrogen and oxygen atoms in total. The molecular formula is C27H26N4O4S. The van der Waals surface area contributed by atoms with Gasteiger partial charge in [0.2, 0.25) is 0 Å². The number of aliphatic carboxylic acids is 1. The molecule has 3 heterocycles. The maximum absolute atomic E-state index is 12.0. The Morgan fingerprint density at radius 3 is 2.50 bits per heavy atom. The van der Waals surface area contributed by atoms with Crippen molar-refractivity contribution in [2.24, 2.45) is 10.9 Å². The Morgan fingerprint density at radius 2 is 1.83 bits per heavy atom. The first-order chi connectivity index (χ1) is 17.3. The number of fused-ring (bicyclic) bond motifs is 3. The van der Waals surface area contributed by atoms with Crippen LogP contribution >= 0.6 is 11.3 Å². The number of thiophene rings is 1. The van der Waals surface area contributed by atoms with Crippen molar-refractivity contribution >= 4 is 23.0 Å². The first kappa shape index (κ1) is 23.9. The van der Waals surface area contributed by atoms with E-state index in [1.54, 1.807) is 14.0 Å². The van der Waals surface area contributed by atoms with Crippen LogP contribution in [0.4, 0.5) is 0 Å². The number of nitrogens with zero attached hydrogens (tertiary/aromatic N) is 4.